The van der Waals surface area contributed by atoms with Gasteiger partial charge in [0.1, 0.15) is 17.1 Å². The van der Waals surface area contributed by atoms with Crippen molar-refractivity contribution in [2.45, 2.75) is 96.2 Å². The van der Waals surface area contributed by atoms with Gasteiger partial charge in [-0.15, -0.1) is 0 Å². The highest BCUT2D eigenvalue weighted by atomic mass is 32.2. The van der Waals surface area contributed by atoms with Crippen LogP contribution in [0.2, 0.25) is 0 Å². The minimum atomic E-state index is -4.12. The summed E-state index contributed by atoms with van der Waals surface area (Å²) in [6.07, 6.45) is 6.55. The van der Waals surface area contributed by atoms with Crippen LogP contribution < -0.4 is 4.72 Å². The summed E-state index contributed by atoms with van der Waals surface area (Å²) >= 11 is 0. The number of unbranched alkanes of at least 4 members (excludes halogenated alkanes) is 1. The fraction of sp³-hybridized carbons (Fsp3) is 0.484. The molecular weight excluding hydrogens is 554 g/mol. The van der Waals surface area contributed by atoms with Gasteiger partial charge in [-0.05, 0) is 57.7 Å². The van der Waals surface area contributed by atoms with E-state index in [0.717, 1.165) is 25.7 Å². The monoisotopic (exact) mass is 595 g/mol. The molecule has 0 saturated heterocycles. The number of aryl methyl sites for hydroxylation is 1. The third-order valence-electron chi connectivity index (χ3n) is 7.88. The maximum Gasteiger partial charge on any atom is 0.263 e. The number of nitrogens with zero attached hydrogens (tertiary/aromatic N) is 4. The number of rotatable bonds is 12. The number of sulfonamides is 1. The lowest BCUT2D eigenvalue weighted by atomic mass is 9.98. The predicted octanol–water partition coefficient (Wildman–Crippen LogP) is 5.93. The van der Waals surface area contributed by atoms with Crippen LogP contribution in [0.15, 0.2) is 50.9 Å². The summed E-state index contributed by atoms with van der Waals surface area (Å²) in [4.78, 5) is 24.5. The Bertz CT molecular complexity index is 1680. The Balaban J connectivity index is 1.56. The van der Waals surface area contributed by atoms with Crippen LogP contribution in [0.25, 0.3) is 11.3 Å². The Hall–Kier alpha value is -3.57. The molecule has 2 aromatic heterocycles. The van der Waals surface area contributed by atoms with Crippen LogP contribution in [-0.4, -0.2) is 47.3 Å². The van der Waals surface area contributed by atoms with Crippen LogP contribution in [0.4, 0.5) is 5.82 Å². The highest BCUT2D eigenvalue weighted by molar-refractivity contribution is 7.92. The van der Waals surface area contributed by atoms with E-state index in [2.05, 4.69) is 14.9 Å². The number of anilines is 1. The normalized spacial score (nSPS) is 17.5. The molecule has 2 aliphatic rings. The molecule has 10 nitrogen and oxygen atoms in total. The molecule has 0 bridgehead atoms. The fourth-order valence-electron chi connectivity index (χ4n) is 5.43. The first-order valence-corrected chi connectivity index (χ1v) is 16.0. The van der Waals surface area contributed by atoms with E-state index in [1.807, 2.05) is 13.8 Å². The molecule has 3 aromatic rings. The Morgan fingerprint density at radius 2 is 1.95 bits per heavy atom. The van der Waals surface area contributed by atoms with E-state index >= 15 is 0 Å². The van der Waals surface area contributed by atoms with Crippen molar-refractivity contribution in [2.24, 2.45) is 4.99 Å². The number of aromatic nitrogens is 2. The van der Waals surface area contributed by atoms with Crippen LogP contribution in [0.1, 0.15) is 84.0 Å². The lowest BCUT2D eigenvalue weighted by molar-refractivity contribution is -0.131. The number of hydrogen-bond acceptors (Lipinski definition) is 8. The molecule has 11 heteroatoms. The Kier molecular flexibility index (Phi) is 8.02. The third-order valence-corrected chi connectivity index (χ3v) is 9.27. The number of amides is 1. The zero-order chi connectivity index (χ0) is 31.7. The number of pyridine rings is 1. The number of benzene rings is 1. The summed E-state index contributed by atoms with van der Waals surface area (Å²) in [5.41, 5.74) is 0.970. The van der Waals surface area contributed by atoms with Gasteiger partial charge in [-0.25, -0.2) is 8.42 Å². The van der Waals surface area contributed by atoms with Crippen LogP contribution in [0, 0.1) is 13.8 Å². The van der Waals surface area contributed by atoms with Crippen molar-refractivity contribution in [3.63, 3.8) is 0 Å². The summed E-state index contributed by atoms with van der Waals surface area (Å²) in [6.45, 7) is 5.48. The molecule has 0 atom stereocenters. The molecule has 1 aliphatic carbocycles. The molecule has 5 rings (SSSR count). The molecule has 0 unspecified atom stereocenters. The first kappa shape index (κ1) is 27.3. The second-order valence-corrected chi connectivity index (χ2v) is 12.5. The lowest BCUT2D eigenvalue weighted by Gasteiger charge is -2.23. The van der Waals surface area contributed by atoms with Gasteiger partial charge in [0.25, 0.3) is 15.9 Å². The van der Waals surface area contributed by atoms with Gasteiger partial charge in [0.05, 0.1) is 26.4 Å². The molecule has 1 N–H and O–H groups in total. The van der Waals surface area contributed by atoms with Crippen molar-refractivity contribution in [1.82, 2.24) is 15.0 Å². The maximum atomic E-state index is 13.8. The largest absolute Gasteiger partial charge is 0.377 e. The molecule has 224 valence electrons. The van der Waals surface area contributed by atoms with E-state index in [9.17, 15) is 16.0 Å². The van der Waals surface area contributed by atoms with Gasteiger partial charge >= 0.3 is 0 Å². The number of carbonyl (C=O) groups is 1. The quantitative estimate of drug-likeness (QED) is 0.275. The third kappa shape index (κ3) is 5.85. The number of hydrogen-bond donors (Lipinski definition) is 1. The van der Waals surface area contributed by atoms with Crippen molar-refractivity contribution in [1.29, 1.82) is 0 Å². The van der Waals surface area contributed by atoms with Crippen LogP contribution in [0.3, 0.4) is 0 Å². The molecule has 1 aliphatic heterocycles. The maximum absolute atomic E-state index is 13.8. The minimum Gasteiger partial charge on any atom is -0.377 e. The highest BCUT2D eigenvalue weighted by Gasteiger charge is 2.49. The number of aliphatic imine (C=N–C) groups is 1. The first-order valence-electron chi connectivity index (χ1n) is 15.5. The zero-order valence-electron chi connectivity index (χ0n) is 26.6. The number of ether oxygens (including phenoxy) is 1. The number of nitrogens with one attached hydrogen (secondary N) is 1. The van der Waals surface area contributed by atoms with Crippen molar-refractivity contribution < 1.29 is 25.2 Å². The summed E-state index contributed by atoms with van der Waals surface area (Å²) in [7, 11) is -4.12. The van der Waals surface area contributed by atoms with E-state index in [0.29, 0.717) is 59.8 Å². The molecular formula is C31H39N5O5S. The van der Waals surface area contributed by atoms with Gasteiger partial charge in [-0.1, -0.05) is 49.5 Å². The fourth-order valence-corrected chi connectivity index (χ4v) is 6.70. The second-order valence-electron chi connectivity index (χ2n) is 10.8. The molecule has 0 radical (unpaired) electrons. The SMILES string of the molecule is [2H]C([2H])(c1cnc(-c2ccccc2S(=O)(=O)Nc2noc(C)c2C)c(COCC)c1)N1C(=O)C2(CCCC2)N=C1CCCC. The van der Waals surface area contributed by atoms with Crippen molar-refractivity contribution in [2.75, 3.05) is 11.3 Å². The van der Waals surface area contributed by atoms with Crippen LogP contribution >= 0.6 is 0 Å². The van der Waals surface area contributed by atoms with Crippen LogP contribution in [-0.2, 0) is 32.7 Å². The molecule has 3 heterocycles. The van der Waals surface area contributed by atoms with Crippen LogP contribution in [0.5, 0.6) is 0 Å². The van der Waals surface area contributed by atoms with Gasteiger partial charge in [-0.2, -0.15) is 0 Å². The smallest absolute Gasteiger partial charge is 0.263 e. The second kappa shape index (κ2) is 12.3. The Morgan fingerprint density at radius 1 is 1.19 bits per heavy atom. The Labute approximate surface area is 250 Å². The van der Waals surface area contributed by atoms with E-state index in [4.69, 9.17) is 14.3 Å². The lowest BCUT2D eigenvalue weighted by Crippen LogP contribution is -2.40. The topological polar surface area (TPSA) is 127 Å². The average Bonchev–Trinajstić information content (AvgIpc) is 3.69. The van der Waals surface area contributed by atoms with Crippen molar-refractivity contribution in [3.8, 4) is 11.3 Å². The molecule has 1 aromatic carbocycles. The van der Waals surface area contributed by atoms with Gasteiger partial charge < -0.3 is 9.26 Å². The first-order chi connectivity index (χ1) is 20.9. The number of amidine groups is 1. The molecule has 42 heavy (non-hydrogen) atoms. The van der Waals surface area contributed by atoms with Gasteiger partial charge in [0.2, 0.25) is 0 Å². The highest BCUT2D eigenvalue weighted by Crippen LogP contribution is 2.40. The van der Waals surface area contributed by atoms with Crippen molar-refractivity contribution in [3.05, 3.63) is 59.0 Å². The molecule has 1 spiro atoms. The summed E-state index contributed by atoms with van der Waals surface area (Å²) < 4.78 is 59.0. The number of carbonyl (C=O) groups excluding carboxylic acids is 1. The van der Waals surface area contributed by atoms with E-state index in [-0.39, 0.29) is 28.8 Å². The molecule has 1 amide bonds. The average molecular weight is 596 g/mol. The van der Waals surface area contributed by atoms with Gasteiger partial charge in [0, 0.05) is 35.9 Å². The van der Waals surface area contributed by atoms with Gasteiger partial charge in [-0.3, -0.25) is 24.4 Å². The molecule has 1 saturated carbocycles. The minimum absolute atomic E-state index is 0.0343. The van der Waals surface area contributed by atoms with E-state index in [1.54, 1.807) is 38.1 Å². The van der Waals surface area contributed by atoms with E-state index in [1.165, 1.54) is 17.2 Å². The van der Waals surface area contributed by atoms with Crippen molar-refractivity contribution >= 4 is 27.6 Å². The molecule has 1 fully saturated rings. The zero-order valence-corrected chi connectivity index (χ0v) is 25.4. The standard InChI is InChI=1S/C31H39N5O5S/c1-5-7-14-27-33-31(15-10-11-16-31)30(37)36(27)19-23-17-24(20-40-6-2)28(32-18-23)25-12-8-9-13-26(25)42(38,39)35-29-21(3)22(4)41-34-29/h8-9,12-13,17-18H,5-7,10-11,14-16,19-20H2,1-4H3,(H,34,35)/i19D2. The summed E-state index contributed by atoms with van der Waals surface area (Å²) in [5, 5.41) is 3.84. The summed E-state index contributed by atoms with van der Waals surface area (Å²) in [5.74, 6) is 0.765. The Morgan fingerprint density at radius 3 is 2.64 bits per heavy atom. The van der Waals surface area contributed by atoms with E-state index < -0.39 is 22.1 Å². The summed E-state index contributed by atoms with van der Waals surface area (Å²) in [6, 6.07) is 8.05. The predicted molar refractivity (Wildman–Crippen MR) is 160 cm³/mol. The van der Waals surface area contributed by atoms with Gasteiger partial charge in [0.15, 0.2) is 5.82 Å².